The monoisotopic (exact) mass is 410 g/mol. The van der Waals surface area contributed by atoms with E-state index in [9.17, 15) is 0 Å². The van der Waals surface area contributed by atoms with Gasteiger partial charge in [0.1, 0.15) is 0 Å². The predicted molar refractivity (Wildman–Crippen MR) is 98.5 cm³/mol. The molecule has 2 aliphatic heterocycles. The molecule has 0 amide bonds. The van der Waals surface area contributed by atoms with Crippen molar-refractivity contribution in [1.82, 2.24) is 15.5 Å². The first-order valence-corrected chi connectivity index (χ1v) is 7.93. The van der Waals surface area contributed by atoms with Crippen LogP contribution in [0.1, 0.15) is 33.6 Å². The molecule has 3 unspecified atom stereocenters. The molecule has 2 N–H and O–H groups in total. The number of ether oxygens (including phenoxy) is 1. The third kappa shape index (κ3) is 5.56. The molecule has 5 nitrogen and oxygen atoms in total. The van der Waals surface area contributed by atoms with Gasteiger partial charge in [-0.2, -0.15) is 0 Å². The van der Waals surface area contributed by atoms with Crippen molar-refractivity contribution in [2.24, 2.45) is 10.9 Å². The summed E-state index contributed by atoms with van der Waals surface area (Å²) < 4.78 is 5.95. The van der Waals surface area contributed by atoms with Crippen molar-refractivity contribution in [1.29, 1.82) is 0 Å². The lowest BCUT2D eigenvalue weighted by molar-refractivity contribution is -0.0453. The number of nitrogens with zero attached hydrogens (tertiary/aromatic N) is 2. The van der Waals surface area contributed by atoms with E-state index < -0.39 is 0 Å². The van der Waals surface area contributed by atoms with Crippen LogP contribution in [0.4, 0.5) is 0 Å². The van der Waals surface area contributed by atoms with Gasteiger partial charge in [-0.05, 0) is 32.2 Å². The average Bonchev–Trinajstić information content (AvgIpc) is 2.90. The smallest absolute Gasteiger partial charge is 0.191 e. The van der Waals surface area contributed by atoms with Crippen LogP contribution >= 0.6 is 24.0 Å². The van der Waals surface area contributed by atoms with Crippen molar-refractivity contribution in [3.63, 3.8) is 0 Å². The Morgan fingerprint density at radius 3 is 2.81 bits per heavy atom. The topological polar surface area (TPSA) is 48.9 Å². The molecule has 2 fully saturated rings. The molecule has 0 spiro atoms. The number of hydrogen-bond donors (Lipinski definition) is 2. The minimum absolute atomic E-state index is 0. The minimum Gasteiger partial charge on any atom is -0.373 e. The quantitative estimate of drug-likeness (QED) is 0.421. The zero-order valence-corrected chi connectivity index (χ0v) is 16.1. The second kappa shape index (κ2) is 9.15. The zero-order chi connectivity index (χ0) is 14.5. The van der Waals surface area contributed by atoms with Crippen molar-refractivity contribution in [2.45, 2.75) is 51.8 Å². The lowest BCUT2D eigenvalue weighted by Crippen LogP contribution is -2.52. The van der Waals surface area contributed by atoms with Crippen molar-refractivity contribution in [3.8, 4) is 0 Å². The Kier molecular flexibility index (Phi) is 8.26. The van der Waals surface area contributed by atoms with Gasteiger partial charge in [0.25, 0.3) is 0 Å². The van der Waals surface area contributed by atoms with Gasteiger partial charge >= 0.3 is 0 Å². The molecule has 2 heterocycles. The van der Waals surface area contributed by atoms with Gasteiger partial charge in [0, 0.05) is 32.2 Å². The Bertz CT molecular complexity index is 338. The van der Waals surface area contributed by atoms with E-state index in [4.69, 9.17) is 4.74 Å². The van der Waals surface area contributed by atoms with Crippen LogP contribution in [0.5, 0.6) is 0 Å². The summed E-state index contributed by atoms with van der Waals surface area (Å²) in [5.41, 5.74) is 0. The largest absolute Gasteiger partial charge is 0.373 e. The van der Waals surface area contributed by atoms with Crippen LogP contribution in [0.25, 0.3) is 0 Å². The maximum absolute atomic E-state index is 5.95. The second-order valence-electron chi connectivity index (χ2n) is 6.38. The highest BCUT2D eigenvalue weighted by Crippen LogP contribution is 2.22. The molecule has 0 aromatic heterocycles. The van der Waals surface area contributed by atoms with Crippen molar-refractivity contribution < 1.29 is 4.74 Å². The Labute approximate surface area is 146 Å². The molecule has 0 aromatic rings. The second-order valence-corrected chi connectivity index (χ2v) is 6.38. The number of fused-ring (bicyclic) bond motifs is 1. The van der Waals surface area contributed by atoms with Crippen LogP contribution in [0.3, 0.4) is 0 Å². The van der Waals surface area contributed by atoms with Gasteiger partial charge in [0.05, 0.1) is 12.7 Å². The van der Waals surface area contributed by atoms with Crippen LogP contribution in [0.15, 0.2) is 4.99 Å². The first-order valence-electron chi connectivity index (χ1n) is 7.93. The molecule has 2 rings (SSSR count). The highest BCUT2D eigenvalue weighted by molar-refractivity contribution is 14.0. The molecule has 0 radical (unpaired) electrons. The van der Waals surface area contributed by atoms with E-state index in [0.29, 0.717) is 18.0 Å². The fraction of sp³-hybridized carbons (Fsp3) is 0.933. The van der Waals surface area contributed by atoms with E-state index in [0.717, 1.165) is 25.7 Å². The number of guanidine groups is 1. The first-order chi connectivity index (χ1) is 9.60. The molecular weight excluding hydrogens is 379 g/mol. The molecular formula is C15H31IN4O. The van der Waals surface area contributed by atoms with E-state index in [1.807, 2.05) is 7.05 Å². The highest BCUT2D eigenvalue weighted by Gasteiger charge is 2.32. The number of nitrogens with one attached hydrogen (secondary N) is 2. The maximum atomic E-state index is 5.95. The molecule has 6 heteroatoms. The SMILES string of the molecule is CN=C(NCC1CN2CCCC2CO1)NC(C)C(C)C.I. The predicted octanol–water partition coefficient (Wildman–Crippen LogP) is 1.68. The summed E-state index contributed by atoms with van der Waals surface area (Å²) in [6, 6.07) is 1.08. The third-order valence-electron chi connectivity index (χ3n) is 4.55. The standard InChI is InChI=1S/C15H30N4O.HI/c1-11(2)12(3)18-15(16-4)17-8-14-9-19-7-5-6-13(19)10-20-14;/h11-14H,5-10H2,1-4H3,(H2,16,17,18);1H. The Morgan fingerprint density at radius 2 is 2.14 bits per heavy atom. The summed E-state index contributed by atoms with van der Waals surface area (Å²) in [5.74, 6) is 1.46. The molecule has 21 heavy (non-hydrogen) atoms. The lowest BCUT2D eigenvalue weighted by atomic mass is 10.1. The van der Waals surface area contributed by atoms with Crippen LogP contribution in [-0.2, 0) is 4.74 Å². The highest BCUT2D eigenvalue weighted by atomic mass is 127. The van der Waals surface area contributed by atoms with Gasteiger partial charge in [0.2, 0.25) is 0 Å². The van der Waals surface area contributed by atoms with Gasteiger partial charge < -0.3 is 15.4 Å². The Morgan fingerprint density at radius 1 is 1.38 bits per heavy atom. The van der Waals surface area contributed by atoms with E-state index in [1.165, 1.54) is 19.4 Å². The van der Waals surface area contributed by atoms with Gasteiger partial charge in [-0.15, -0.1) is 24.0 Å². The van der Waals surface area contributed by atoms with Crippen LogP contribution in [0.2, 0.25) is 0 Å². The molecule has 3 atom stereocenters. The minimum atomic E-state index is 0. The fourth-order valence-corrected chi connectivity index (χ4v) is 2.80. The van der Waals surface area contributed by atoms with Gasteiger partial charge in [0.15, 0.2) is 5.96 Å². The van der Waals surface area contributed by atoms with E-state index in [1.54, 1.807) is 0 Å². The third-order valence-corrected chi connectivity index (χ3v) is 4.55. The summed E-state index contributed by atoms with van der Waals surface area (Å²) in [7, 11) is 1.82. The van der Waals surface area contributed by atoms with Crippen LogP contribution < -0.4 is 10.6 Å². The normalized spacial score (nSPS) is 28.0. The maximum Gasteiger partial charge on any atom is 0.191 e. The molecule has 0 aliphatic carbocycles. The number of morpholine rings is 1. The van der Waals surface area contributed by atoms with Gasteiger partial charge in [-0.3, -0.25) is 9.89 Å². The number of rotatable bonds is 4. The van der Waals surface area contributed by atoms with Gasteiger partial charge in [-0.1, -0.05) is 13.8 Å². The van der Waals surface area contributed by atoms with Crippen LogP contribution in [-0.4, -0.2) is 62.3 Å². The molecule has 2 aliphatic rings. The number of hydrogen-bond acceptors (Lipinski definition) is 3. The van der Waals surface area contributed by atoms with Crippen molar-refractivity contribution in [3.05, 3.63) is 0 Å². The molecule has 0 bridgehead atoms. The lowest BCUT2D eigenvalue weighted by Gasteiger charge is -2.35. The number of halogens is 1. The first kappa shape index (κ1) is 19.0. The Balaban J connectivity index is 0.00000220. The summed E-state index contributed by atoms with van der Waals surface area (Å²) in [6.07, 6.45) is 2.90. The van der Waals surface area contributed by atoms with Gasteiger partial charge in [-0.25, -0.2) is 0 Å². The summed E-state index contributed by atoms with van der Waals surface area (Å²) in [5, 5.41) is 6.81. The van der Waals surface area contributed by atoms with E-state index in [2.05, 4.69) is 41.3 Å². The molecule has 0 aromatic carbocycles. The molecule has 2 saturated heterocycles. The van der Waals surface area contributed by atoms with E-state index in [-0.39, 0.29) is 30.1 Å². The van der Waals surface area contributed by atoms with E-state index >= 15 is 0 Å². The average molecular weight is 410 g/mol. The summed E-state index contributed by atoms with van der Waals surface area (Å²) in [4.78, 5) is 6.86. The van der Waals surface area contributed by atoms with Crippen molar-refractivity contribution in [2.75, 3.05) is 33.3 Å². The van der Waals surface area contributed by atoms with Crippen molar-refractivity contribution >= 4 is 29.9 Å². The molecule has 0 saturated carbocycles. The zero-order valence-electron chi connectivity index (χ0n) is 13.8. The summed E-state index contributed by atoms with van der Waals surface area (Å²) in [6.45, 7) is 10.6. The summed E-state index contributed by atoms with van der Waals surface area (Å²) >= 11 is 0. The molecule has 124 valence electrons. The number of aliphatic imine (C=N–C) groups is 1. The van der Waals surface area contributed by atoms with Crippen LogP contribution in [0, 0.1) is 5.92 Å². The Hall–Kier alpha value is -0.0800. The fourth-order valence-electron chi connectivity index (χ4n) is 2.80.